The van der Waals surface area contributed by atoms with Gasteiger partial charge in [0.1, 0.15) is 5.56 Å². The van der Waals surface area contributed by atoms with Crippen molar-refractivity contribution in [3.63, 3.8) is 0 Å². The van der Waals surface area contributed by atoms with Gasteiger partial charge in [0.15, 0.2) is 10.6 Å². The number of hydrogen-bond donors (Lipinski definition) is 1. The third-order valence-corrected chi connectivity index (χ3v) is 4.09. The highest BCUT2D eigenvalue weighted by Gasteiger charge is 2.13. The molecule has 0 atom stereocenters. The molecule has 0 saturated heterocycles. The molecule has 130 valence electrons. The van der Waals surface area contributed by atoms with Crippen LogP contribution in [-0.4, -0.2) is 26.2 Å². The molecule has 0 unspecified atom stereocenters. The van der Waals surface area contributed by atoms with Crippen molar-refractivity contribution in [2.24, 2.45) is 12.0 Å². The minimum absolute atomic E-state index is 0.0352. The van der Waals surface area contributed by atoms with Crippen LogP contribution in [0.2, 0.25) is 0 Å². The molecule has 0 radical (unpaired) electrons. The SMILES string of the molecule is C=C(C)Cn1c(=O)c(C=Nc2ccc(C(C)=O)cc2)c(O)n(C)c1=S. The molecule has 25 heavy (non-hydrogen) atoms. The van der Waals surface area contributed by atoms with Crippen molar-refractivity contribution < 1.29 is 9.90 Å². The molecule has 0 aliphatic rings. The van der Waals surface area contributed by atoms with E-state index in [0.29, 0.717) is 11.3 Å². The molecule has 0 amide bonds. The first-order chi connectivity index (χ1) is 11.7. The highest BCUT2D eigenvalue weighted by Crippen LogP contribution is 2.16. The molecule has 6 nitrogen and oxygen atoms in total. The number of aliphatic imine (C=N–C) groups is 1. The van der Waals surface area contributed by atoms with E-state index in [4.69, 9.17) is 12.2 Å². The number of allylic oxidation sites excluding steroid dienone is 1. The van der Waals surface area contributed by atoms with Gasteiger partial charge in [0, 0.05) is 25.4 Å². The molecular formula is C18H19N3O3S. The molecule has 0 spiro atoms. The first-order valence-electron chi connectivity index (χ1n) is 7.54. The molecular weight excluding hydrogens is 338 g/mol. The van der Waals surface area contributed by atoms with Crippen LogP contribution in [0.25, 0.3) is 0 Å². The maximum absolute atomic E-state index is 12.6. The number of nitrogens with zero attached hydrogens (tertiary/aromatic N) is 3. The summed E-state index contributed by atoms with van der Waals surface area (Å²) < 4.78 is 2.91. The second kappa shape index (κ2) is 7.40. The minimum Gasteiger partial charge on any atom is -0.494 e. The number of carbonyl (C=O) groups is 1. The van der Waals surface area contributed by atoms with Crippen LogP contribution in [0.3, 0.4) is 0 Å². The lowest BCUT2D eigenvalue weighted by Crippen LogP contribution is -2.28. The molecule has 1 aromatic heterocycles. The third-order valence-electron chi connectivity index (χ3n) is 3.60. The van der Waals surface area contributed by atoms with Crippen molar-refractivity contribution in [1.82, 2.24) is 9.13 Å². The normalized spacial score (nSPS) is 11.0. The Morgan fingerprint density at radius 3 is 2.44 bits per heavy atom. The third kappa shape index (κ3) is 4.00. The molecule has 1 N–H and O–H groups in total. The van der Waals surface area contributed by atoms with E-state index in [9.17, 15) is 14.7 Å². The highest BCUT2D eigenvalue weighted by atomic mass is 32.1. The van der Waals surface area contributed by atoms with Crippen LogP contribution in [0, 0.1) is 4.77 Å². The van der Waals surface area contributed by atoms with Crippen LogP contribution < -0.4 is 5.56 Å². The predicted octanol–water partition coefficient (Wildman–Crippen LogP) is 3.15. The number of ketones is 1. The van der Waals surface area contributed by atoms with Gasteiger partial charge in [-0.25, -0.2) is 0 Å². The average molecular weight is 357 g/mol. The number of rotatable bonds is 5. The number of hydrogen-bond acceptors (Lipinski definition) is 5. The number of carbonyl (C=O) groups excluding carboxylic acids is 1. The smallest absolute Gasteiger partial charge is 0.267 e. The Morgan fingerprint density at radius 2 is 1.92 bits per heavy atom. The standard InChI is InChI=1S/C18H19N3O3S/c1-11(2)10-21-17(24)15(16(23)20(4)18(21)25)9-19-14-7-5-13(6-8-14)12(3)22/h5-9,23H,1,10H2,2-4H3. The highest BCUT2D eigenvalue weighted by molar-refractivity contribution is 7.71. The summed E-state index contributed by atoms with van der Waals surface area (Å²) in [4.78, 5) is 28.1. The van der Waals surface area contributed by atoms with Crippen molar-refractivity contribution in [2.75, 3.05) is 0 Å². The van der Waals surface area contributed by atoms with Gasteiger partial charge < -0.3 is 5.11 Å². The van der Waals surface area contributed by atoms with Gasteiger partial charge in [-0.1, -0.05) is 12.2 Å². The Balaban J connectivity index is 2.50. The largest absolute Gasteiger partial charge is 0.494 e. The zero-order valence-electron chi connectivity index (χ0n) is 14.3. The summed E-state index contributed by atoms with van der Waals surface area (Å²) in [6.07, 6.45) is 1.30. The molecule has 2 aromatic rings. The molecule has 0 bridgehead atoms. The predicted molar refractivity (Wildman–Crippen MR) is 101 cm³/mol. The van der Waals surface area contributed by atoms with Gasteiger partial charge in [0.2, 0.25) is 5.88 Å². The summed E-state index contributed by atoms with van der Waals surface area (Å²) in [5.74, 6) is -0.291. The molecule has 2 rings (SSSR count). The Morgan fingerprint density at radius 1 is 1.32 bits per heavy atom. The lowest BCUT2D eigenvalue weighted by atomic mass is 10.1. The molecule has 0 saturated carbocycles. The van der Waals surface area contributed by atoms with Gasteiger partial charge in [-0.05, 0) is 50.3 Å². The van der Waals surface area contributed by atoms with Crippen LogP contribution in [0.5, 0.6) is 5.88 Å². The molecule has 1 heterocycles. The summed E-state index contributed by atoms with van der Waals surface area (Å²) in [6, 6.07) is 6.64. The van der Waals surface area contributed by atoms with E-state index >= 15 is 0 Å². The second-order valence-corrected chi connectivity index (χ2v) is 6.15. The summed E-state index contributed by atoms with van der Waals surface area (Å²) in [6.45, 7) is 7.33. The van der Waals surface area contributed by atoms with E-state index in [1.807, 2.05) is 0 Å². The zero-order chi connectivity index (χ0) is 18.7. The fourth-order valence-electron chi connectivity index (χ4n) is 2.22. The van der Waals surface area contributed by atoms with Crippen LogP contribution in [0.4, 0.5) is 5.69 Å². The maximum Gasteiger partial charge on any atom is 0.267 e. The molecule has 7 heteroatoms. The van der Waals surface area contributed by atoms with Crippen molar-refractivity contribution in [3.8, 4) is 5.88 Å². The van der Waals surface area contributed by atoms with E-state index in [0.717, 1.165) is 5.57 Å². The first-order valence-corrected chi connectivity index (χ1v) is 7.95. The van der Waals surface area contributed by atoms with Crippen molar-refractivity contribution in [3.05, 3.63) is 62.7 Å². The van der Waals surface area contributed by atoms with E-state index in [2.05, 4.69) is 11.6 Å². The number of aromatic hydroxyl groups is 1. The lowest BCUT2D eigenvalue weighted by Gasteiger charge is -2.12. The quantitative estimate of drug-likeness (QED) is 0.386. The van der Waals surface area contributed by atoms with Gasteiger partial charge in [-0.15, -0.1) is 0 Å². The van der Waals surface area contributed by atoms with Gasteiger partial charge in [0.05, 0.1) is 5.69 Å². The second-order valence-electron chi connectivity index (χ2n) is 5.79. The fourth-order valence-corrected chi connectivity index (χ4v) is 2.46. The van der Waals surface area contributed by atoms with E-state index in [-0.39, 0.29) is 28.5 Å². The number of aromatic nitrogens is 2. The zero-order valence-corrected chi connectivity index (χ0v) is 15.1. The van der Waals surface area contributed by atoms with Crippen molar-refractivity contribution in [2.45, 2.75) is 20.4 Å². The Kier molecular flexibility index (Phi) is 5.48. The monoisotopic (exact) mass is 357 g/mol. The van der Waals surface area contributed by atoms with Crippen LogP contribution in [0.1, 0.15) is 29.8 Å². The van der Waals surface area contributed by atoms with Gasteiger partial charge in [-0.2, -0.15) is 0 Å². The first kappa shape index (κ1) is 18.5. The topological polar surface area (TPSA) is 76.6 Å². The molecule has 0 aliphatic carbocycles. The number of Topliss-reactive ketones (excluding diaryl/α,β-unsaturated/α-hetero) is 1. The van der Waals surface area contributed by atoms with Gasteiger partial charge in [0.25, 0.3) is 5.56 Å². The van der Waals surface area contributed by atoms with Crippen LogP contribution in [-0.2, 0) is 13.6 Å². The molecule has 1 aromatic carbocycles. The van der Waals surface area contributed by atoms with E-state index in [1.165, 1.54) is 22.3 Å². The Bertz CT molecular complexity index is 982. The summed E-state index contributed by atoms with van der Waals surface area (Å²) >= 11 is 5.21. The fraction of sp³-hybridized carbons (Fsp3) is 0.222. The summed E-state index contributed by atoms with van der Waals surface area (Å²) in [5.41, 5.74) is 1.50. The van der Waals surface area contributed by atoms with Crippen LogP contribution in [0.15, 0.2) is 46.2 Å². The van der Waals surface area contributed by atoms with E-state index < -0.39 is 5.56 Å². The van der Waals surface area contributed by atoms with Crippen molar-refractivity contribution in [1.29, 1.82) is 0 Å². The number of benzene rings is 1. The minimum atomic E-state index is -0.437. The van der Waals surface area contributed by atoms with Gasteiger partial charge >= 0.3 is 0 Å². The maximum atomic E-state index is 12.6. The summed E-state index contributed by atoms with van der Waals surface area (Å²) in [7, 11) is 1.57. The Labute approximate surface area is 150 Å². The van der Waals surface area contributed by atoms with E-state index in [1.54, 1.807) is 38.2 Å². The van der Waals surface area contributed by atoms with Crippen LogP contribution >= 0.6 is 12.2 Å². The Hall–Kier alpha value is -2.80. The van der Waals surface area contributed by atoms with Gasteiger partial charge in [-0.3, -0.25) is 23.7 Å². The average Bonchev–Trinajstić information content (AvgIpc) is 2.57. The lowest BCUT2D eigenvalue weighted by molar-refractivity contribution is 0.101. The summed E-state index contributed by atoms with van der Waals surface area (Å²) in [5, 5.41) is 10.2. The molecule has 0 aliphatic heterocycles. The molecule has 0 fully saturated rings. The van der Waals surface area contributed by atoms with Crippen molar-refractivity contribution >= 4 is 29.9 Å².